The minimum absolute atomic E-state index is 0.0855. The van der Waals surface area contributed by atoms with Crippen LogP contribution in [-0.4, -0.2) is 34.5 Å². The van der Waals surface area contributed by atoms with Crippen LogP contribution in [0, 0.1) is 0 Å². The first-order valence-electron chi connectivity index (χ1n) is 8.57. The van der Waals surface area contributed by atoms with E-state index in [1.54, 1.807) is 18.2 Å². The van der Waals surface area contributed by atoms with Gasteiger partial charge in [-0.2, -0.15) is 0 Å². The second-order valence-corrected chi connectivity index (χ2v) is 8.66. The third kappa shape index (κ3) is 4.78. The third-order valence-corrected chi connectivity index (χ3v) is 6.58. The number of sulfonamides is 1. The topological polar surface area (TPSA) is 84.5 Å². The molecule has 0 unspecified atom stereocenters. The normalized spacial score (nSPS) is 11.2. The van der Waals surface area contributed by atoms with Crippen molar-refractivity contribution in [2.45, 2.75) is 4.90 Å². The SMILES string of the molecule is COc1cc(-c2ccccc2)sc1C(=O)NCCNS(=O)(=O)c1ccccc1. The molecule has 0 aliphatic carbocycles. The van der Waals surface area contributed by atoms with E-state index in [2.05, 4.69) is 10.0 Å². The Balaban J connectivity index is 1.60. The Bertz CT molecular complexity index is 1030. The van der Waals surface area contributed by atoms with Crippen LogP contribution in [-0.2, 0) is 10.0 Å². The van der Waals surface area contributed by atoms with Crippen molar-refractivity contribution in [3.63, 3.8) is 0 Å². The van der Waals surface area contributed by atoms with Crippen LogP contribution in [0.4, 0.5) is 0 Å². The Morgan fingerprint density at radius 1 is 1.00 bits per heavy atom. The average Bonchev–Trinajstić information content (AvgIpc) is 3.17. The maximum absolute atomic E-state index is 12.5. The molecule has 3 rings (SSSR count). The van der Waals surface area contributed by atoms with Crippen molar-refractivity contribution < 1.29 is 17.9 Å². The Kier molecular flexibility index (Phi) is 6.45. The molecular weight excluding hydrogens is 396 g/mol. The van der Waals surface area contributed by atoms with E-state index < -0.39 is 10.0 Å². The Labute approximate surface area is 168 Å². The molecule has 8 heteroatoms. The smallest absolute Gasteiger partial charge is 0.265 e. The molecule has 0 fully saturated rings. The molecule has 3 aromatic rings. The molecular formula is C20H20N2O4S2. The monoisotopic (exact) mass is 416 g/mol. The van der Waals surface area contributed by atoms with Gasteiger partial charge in [0, 0.05) is 18.0 Å². The van der Waals surface area contributed by atoms with Gasteiger partial charge in [0.25, 0.3) is 5.91 Å². The van der Waals surface area contributed by atoms with Gasteiger partial charge in [-0.1, -0.05) is 48.5 Å². The fourth-order valence-electron chi connectivity index (χ4n) is 2.55. The fourth-order valence-corrected chi connectivity index (χ4v) is 4.65. The number of hydrogen-bond donors (Lipinski definition) is 2. The van der Waals surface area contributed by atoms with E-state index in [1.165, 1.54) is 30.6 Å². The van der Waals surface area contributed by atoms with Gasteiger partial charge in [0.1, 0.15) is 10.6 Å². The van der Waals surface area contributed by atoms with E-state index in [-0.39, 0.29) is 23.9 Å². The number of hydrogen-bond acceptors (Lipinski definition) is 5. The lowest BCUT2D eigenvalue weighted by molar-refractivity contribution is 0.0955. The quantitative estimate of drug-likeness (QED) is 0.553. The standard InChI is InChI=1S/C20H20N2O4S2/c1-26-17-14-18(15-8-4-2-5-9-15)27-19(17)20(23)21-12-13-22-28(24,25)16-10-6-3-7-11-16/h2-11,14,22H,12-13H2,1H3,(H,21,23). The minimum Gasteiger partial charge on any atom is -0.495 e. The van der Waals surface area contributed by atoms with Gasteiger partial charge in [-0.15, -0.1) is 11.3 Å². The van der Waals surface area contributed by atoms with Crippen LogP contribution >= 0.6 is 11.3 Å². The van der Waals surface area contributed by atoms with Crippen molar-refractivity contribution in [1.82, 2.24) is 10.0 Å². The molecule has 0 saturated carbocycles. The summed E-state index contributed by atoms with van der Waals surface area (Å²) in [7, 11) is -2.08. The molecule has 0 bridgehead atoms. The van der Waals surface area contributed by atoms with Crippen molar-refractivity contribution in [3.05, 3.63) is 71.6 Å². The molecule has 0 atom stereocenters. The first-order chi connectivity index (χ1) is 13.5. The first-order valence-corrected chi connectivity index (χ1v) is 10.9. The molecule has 2 N–H and O–H groups in total. The third-order valence-electron chi connectivity index (χ3n) is 3.94. The highest BCUT2D eigenvalue weighted by Gasteiger charge is 2.18. The molecule has 146 valence electrons. The summed E-state index contributed by atoms with van der Waals surface area (Å²) in [6.45, 7) is 0.245. The van der Waals surface area contributed by atoms with Crippen LogP contribution < -0.4 is 14.8 Å². The summed E-state index contributed by atoms with van der Waals surface area (Å²) in [6, 6.07) is 19.6. The highest BCUT2D eigenvalue weighted by molar-refractivity contribution is 7.89. The molecule has 0 aliphatic rings. The summed E-state index contributed by atoms with van der Waals surface area (Å²) in [5, 5.41) is 2.73. The maximum Gasteiger partial charge on any atom is 0.265 e. The van der Waals surface area contributed by atoms with E-state index in [9.17, 15) is 13.2 Å². The summed E-state index contributed by atoms with van der Waals surface area (Å²) in [6.07, 6.45) is 0. The lowest BCUT2D eigenvalue weighted by Crippen LogP contribution is -2.34. The number of amides is 1. The number of carbonyl (C=O) groups is 1. The summed E-state index contributed by atoms with van der Waals surface area (Å²) in [5.41, 5.74) is 1.00. The number of ether oxygens (including phenoxy) is 1. The van der Waals surface area contributed by atoms with Gasteiger partial charge >= 0.3 is 0 Å². The lowest BCUT2D eigenvalue weighted by atomic mass is 10.2. The van der Waals surface area contributed by atoms with Crippen LogP contribution in [0.3, 0.4) is 0 Å². The molecule has 0 radical (unpaired) electrons. The van der Waals surface area contributed by atoms with E-state index in [1.807, 2.05) is 36.4 Å². The van der Waals surface area contributed by atoms with Crippen LogP contribution in [0.1, 0.15) is 9.67 Å². The maximum atomic E-state index is 12.5. The predicted molar refractivity (Wildman–Crippen MR) is 110 cm³/mol. The van der Waals surface area contributed by atoms with Gasteiger partial charge in [0.2, 0.25) is 10.0 Å². The van der Waals surface area contributed by atoms with Crippen LogP contribution in [0.2, 0.25) is 0 Å². The van der Waals surface area contributed by atoms with Gasteiger partial charge in [0.15, 0.2) is 0 Å². The highest BCUT2D eigenvalue weighted by atomic mass is 32.2. The fraction of sp³-hybridized carbons (Fsp3) is 0.150. The van der Waals surface area contributed by atoms with Gasteiger partial charge in [-0.05, 0) is 23.8 Å². The summed E-state index contributed by atoms with van der Waals surface area (Å²) in [4.78, 5) is 14.1. The van der Waals surface area contributed by atoms with Crippen LogP contribution in [0.25, 0.3) is 10.4 Å². The van der Waals surface area contributed by atoms with Gasteiger partial charge in [-0.3, -0.25) is 4.79 Å². The number of thiophene rings is 1. The zero-order valence-electron chi connectivity index (χ0n) is 15.2. The Hall–Kier alpha value is -2.68. The van der Waals surface area contributed by atoms with Crippen molar-refractivity contribution in [3.8, 4) is 16.2 Å². The molecule has 0 saturated heterocycles. The van der Waals surface area contributed by atoms with Crippen molar-refractivity contribution in [2.75, 3.05) is 20.2 Å². The zero-order valence-corrected chi connectivity index (χ0v) is 16.8. The van der Waals surface area contributed by atoms with Crippen LogP contribution in [0.5, 0.6) is 5.75 Å². The Morgan fingerprint density at radius 2 is 1.64 bits per heavy atom. The van der Waals surface area contributed by atoms with Crippen molar-refractivity contribution in [1.29, 1.82) is 0 Å². The molecule has 0 spiro atoms. The lowest BCUT2D eigenvalue weighted by Gasteiger charge is -2.08. The largest absolute Gasteiger partial charge is 0.495 e. The van der Waals surface area contributed by atoms with Gasteiger partial charge in [0.05, 0.1) is 12.0 Å². The molecule has 1 aromatic heterocycles. The summed E-state index contributed by atoms with van der Waals surface area (Å²) < 4.78 is 32.1. The molecule has 1 heterocycles. The summed E-state index contributed by atoms with van der Waals surface area (Å²) in [5.74, 6) is 0.189. The molecule has 1 amide bonds. The molecule has 2 aromatic carbocycles. The van der Waals surface area contributed by atoms with Gasteiger partial charge < -0.3 is 10.1 Å². The first kappa shape index (κ1) is 20.1. The molecule has 28 heavy (non-hydrogen) atoms. The van der Waals surface area contributed by atoms with E-state index >= 15 is 0 Å². The average molecular weight is 417 g/mol. The number of carbonyl (C=O) groups excluding carboxylic acids is 1. The number of benzene rings is 2. The predicted octanol–water partition coefficient (Wildman–Crippen LogP) is 3.13. The van der Waals surface area contributed by atoms with Crippen molar-refractivity contribution in [2.24, 2.45) is 0 Å². The highest BCUT2D eigenvalue weighted by Crippen LogP contribution is 2.36. The number of nitrogens with one attached hydrogen (secondary N) is 2. The molecule has 0 aliphatic heterocycles. The molecule has 6 nitrogen and oxygen atoms in total. The van der Waals surface area contributed by atoms with E-state index in [0.29, 0.717) is 10.6 Å². The van der Waals surface area contributed by atoms with E-state index in [4.69, 9.17) is 4.74 Å². The second kappa shape index (κ2) is 9.01. The number of methoxy groups -OCH3 is 1. The second-order valence-electron chi connectivity index (χ2n) is 5.84. The Morgan fingerprint density at radius 3 is 2.29 bits per heavy atom. The zero-order chi connectivity index (χ0) is 20.0. The van der Waals surface area contributed by atoms with Crippen molar-refractivity contribution >= 4 is 27.3 Å². The van der Waals surface area contributed by atoms with Crippen LogP contribution in [0.15, 0.2) is 71.6 Å². The van der Waals surface area contributed by atoms with E-state index in [0.717, 1.165) is 10.4 Å². The summed E-state index contributed by atoms with van der Waals surface area (Å²) >= 11 is 1.33. The van der Waals surface area contributed by atoms with Gasteiger partial charge in [-0.25, -0.2) is 13.1 Å². The number of rotatable bonds is 8. The minimum atomic E-state index is -3.59.